The molecular weight excluding hydrogens is 228 g/mol. The van der Waals surface area contributed by atoms with Crippen molar-refractivity contribution in [3.8, 4) is 5.75 Å². The Morgan fingerprint density at radius 3 is 2.50 bits per heavy atom. The molecule has 0 fully saturated rings. The Bertz CT molecular complexity index is 438. The summed E-state index contributed by atoms with van der Waals surface area (Å²) < 4.78 is 5.09. The van der Waals surface area contributed by atoms with Crippen LogP contribution in [0.3, 0.4) is 0 Å². The third kappa shape index (κ3) is 2.83. The number of carbonyl (C=O) groups is 2. The molecule has 0 aliphatic heterocycles. The van der Waals surface area contributed by atoms with Crippen molar-refractivity contribution in [3.05, 3.63) is 28.3 Å². The summed E-state index contributed by atoms with van der Waals surface area (Å²) in [4.78, 5) is 22.6. The van der Waals surface area contributed by atoms with Crippen LogP contribution in [0.1, 0.15) is 29.3 Å². The van der Waals surface area contributed by atoms with Crippen LogP contribution in [0.2, 0.25) is 5.02 Å². The van der Waals surface area contributed by atoms with Gasteiger partial charge in [-0.15, -0.1) is 0 Å². The van der Waals surface area contributed by atoms with Gasteiger partial charge in [0.15, 0.2) is 5.78 Å². The summed E-state index contributed by atoms with van der Waals surface area (Å²) >= 11 is 5.93. The van der Waals surface area contributed by atoms with E-state index in [1.165, 1.54) is 14.0 Å². The van der Waals surface area contributed by atoms with Crippen LogP contribution in [0.5, 0.6) is 5.75 Å². The number of ether oxygens (including phenoxy) is 1. The summed E-state index contributed by atoms with van der Waals surface area (Å²) in [5.41, 5.74) is 1.19. The highest BCUT2D eigenvalue weighted by Gasteiger charge is 2.15. The van der Waals surface area contributed by atoms with Gasteiger partial charge >= 0.3 is 0 Å². The Hall–Kier alpha value is -1.35. The van der Waals surface area contributed by atoms with E-state index in [-0.39, 0.29) is 18.0 Å². The highest BCUT2D eigenvalue weighted by molar-refractivity contribution is 6.32. The average molecular weight is 241 g/mol. The predicted molar refractivity (Wildman–Crippen MR) is 62.4 cm³/mol. The third-order valence-electron chi connectivity index (χ3n) is 2.19. The molecule has 0 saturated carbocycles. The van der Waals surface area contributed by atoms with Crippen LogP contribution in [-0.2, 0) is 4.79 Å². The zero-order valence-corrected chi connectivity index (χ0v) is 10.2. The number of rotatable bonds is 4. The first kappa shape index (κ1) is 12.7. The van der Waals surface area contributed by atoms with E-state index in [4.69, 9.17) is 16.3 Å². The highest BCUT2D eigenvalue weighted by atomic mass is 35.5. The van der Waals surface area contributed by atoms with Crippen LogP contribution in [-0.4, -0.2) is 18.7 Å². The number of benzene rings is 1. The van der Waals surface area contributed by atoms with E-state index >= 15 is 0 Å². The second-order valence-corrected chi connectivity index (χ2v) is 4.01. The van der Waals surface area contributed by atoms with Crippen LogP contribution in [0.15, 0.2) is 12.1 Å². The number of Topliss-reactive ketones (excluding diaryl/α,β-unsaturated/α-hetero) is 2. The van der Waals surface area contributed by atoms with E-state index in [9.17, 15) is 9.59 Å². The van der Waals surface area contributed by atoms with Crippen LogP contribution in [0, 0.1) is 6.92 Å². The Balaban J connectivity index is 3.16. The van der Waals surface area contributed by atoms with Crippen LogP contribution < -0.4 is 4.74 Å². The molecule has 0 radical (unpaired) electrons. The fourth-order valence-corrected chi connectivity index (χ4v) is 1.53. The molecule has 1 aromatic carbocycles. The summed E-state index contributed by atoms with van der Waals surface area (Å²) in [6, 6.07) is 3.23. The number of methoxy groups -OCH3 is 1. The largest absolute Gasteiger partial charge is 0.496 e. The molecule has 0 amide bonds. The van der Waals surface area contributed by atoms with E-state index in [0.29, 0.717) is 16.3 Å². The molecular formula is C12H13ClO3. The van der Waals surface area contributed by atoms with Gasteiger partial charge in [0.2, 0.25) is 0 Å². The summed E-state index contributed by atoms with van der Waals surface area (Å²) in [5, 5.41) is 0.493. The smallest absolute Gasteiger partial charge is 0.173 e. The first-order chi connectivity index (χ1) is 7.45. The van der Waals surface area contributed by atoms with E-state index in [2.05, 4.69) is 0 Å². The minimum absolute atomic E-state index is 0.129. The first-order valence-corrected chi connectivity index (χ1v) is 5.20. The van der Waals surface area contributed by atoms with Crippen molar-refractivity contribution in [2.45, 2.75) is 20.3 Å². The van der Waals surface area contributed by atoms with Crippen molar-refractivity contribution in [2.24, 2.45) is 0 Å². The summed E-state index contributed by atoms with van der Waals surface area (Å²) in [7, 11) is 1.48. The molecule has 1 aromatic rings. The molecule has 86 valence electrons. The van der Waals surface area contributed by atoms with E-state index in [0.717, 1.165) is 5.56 Å². The molecule has 0 aliphatic carbocycles. The predicted octanol–water partition coefficient (Wildman–Crippen LogP) is 2.82. The van der Waals surface area contributed by atoms with E-state index in [1.807, 2.05) is 6.92 Å². The molecule has 4 heteroatoms. The molecule has 0 saturated heterocycles. The standard InChI is InChI=1S/C12H13ClO3/c1-7-4-12(16-3)9(6-10(7)13)11(15)5-8(2)14/h4,6H,5H2,1-3H3. The number of aryl methyl sites for hydroxylation is 1. The molecule has 0 bridgehead atoms. The molecule has 16 heavy (non-hydrogen) atoms. The monoisotopic (exact) mass is 240 g/mol. The van der Waals surface area contributed by atoms with Crippen molar-refractivity contribution in [3.63, 3.8) is 0 Å². The lowest BCUT2D eigenvalue weighted by atomic mass is 10.0. The molecule has 0 aromatic heterocycles. The van der Waals surface area contributed by atoms with Gasteiger partial charge in [-0.05, 0) is 31.5 Å². The Morgan fingerprint density at radius 1 is 1.38 bits per heavy atom. The number of carbonyl (C=O) groups excluding carboxylic acids is 2. The molecule has 0 spiro atoms. The van der Waals surface area contributed by atoms with Gasteiger partial charge in [0, 0.05) is 5.02 Å². The van der Waals surface area contributed by atoms with Gasteiger partial charge in [-0.25, -0.2) is 0 Å². The summed E-state index contributed by atoms with van der Waals surface area (Å²) in [6.07, 6.45) is -0.129. The Morgan fingerprint density at radius 2 is 2.00 bits per heavy atom. The number of halogens is 1. The van der Waals surface area contributed by atoms with Crippen molar-refractivity contribution >= 4 is 23.2 Å². The van der Waals surface area contributed by atoms with Crippen molar-refractivity contribution in [1.29, 1.82) is 0 Å². The molecule has 0 atom stereocenters. The minimum atomic E-state index is -0.272. The molecule has 0 heterocycles. The van der Waals surface area contributed by atoms with Gasteiger partial charge < -0.3 is 4.74 Å². The fraction of sp³-hybridized carbons (Fsp3) is 0.333. The lowest BCUT2D eigenvalue weighted by Gasteiger charge is -2.09. The van der Waals surface area contributed by atoms with Crippen LogP contribution in [0.4, 0.5) is 0 Å². The maximum Gasteiger partial charge on any atom is 0.173 e. The van der Waals surface area contributed by atoms with Gasteiger partial charge in [-0.3, -0.25) is 9.59 Å². The van der Waals surface area contributed by atoms with Gasteiger partial charge in [-0.2, -0.15) is 0 Å². The van der Waals surface area contributed by atoms with Crippen molar-refractivity contribution < 1.29 is 14.3 Å². The quantitative estimate of drug-likeness (QED) is 0.600. The van der Waals surface area contributed by atoms with Crippen molar-refractivity contribution in [1.82, 2.24) is 0 Å². The fourth-order valence-electron chi connectivity index (χ4n) is 1.36. The summed E-state index contributed by atoms with van der Waals surface area (Å²) in [5.74, 6) is 0.00292. The molecule has 0 N–H and O–H groups in total. The van der Waals surface area contributed by atoms with Crippen LogP contribution in [0.25, 0.3) is 0 Å². The number of ketones is 2. The number of hydrogen-bond donors (Lipinski definition) is 0. The second-order valence-electron chi connectivity index (χ2n) is 3.60. The highest BCUT2D eigenvalue weighted by Crippen LogP contribution is 2.27. The van der Waals surface area contributed by atoms with Crippen molar-refractivity contribution in [2.75, 3.05) is 7.11 Å². The zero-order valence-electron chi connectivity index (χ0n) is 9.46. The zero-order chi connectivity index (χ0) is 12.3. The molecule has 1 rings (SSSR count). The molecule has 0 aliphatic rings. The first-order valence-electron chi connectivity index (χ1n) is 4.82. The van der Waals surface area contributed by atoms with Gasteiger partial charge in [0.25, 0.3) is 0 Å². The normalized spacial score (nSPS) is 10.0. The third-order valence-corrected chi connectivity index (χ3v) is 2.60. The van der Waals surface area contributed by atoms with E-state index in [1.54, 1.807) is 12.1 Å². The van der Waals surface area contributed by atoms with Crippen LogP contribution >= 0.6 is 11.6 Å². The molecule has 3 nitrogen and oxygen atoms in total. The maximum atomic E-state index is 11.7. The lowest BCUT2D eigenvalue weighted by Crippen LogP contribution is -2.07. The topological polar surface area (TPSA) is 43.4 Å². The second kappa shape index (κ2) is 5.12. The average Bonchev–Trinajstić information content (AvgIpc) is 2.20. The van der Waals surface area contributed by atoms with Gasteiger partial charge in [-0.1, -0.05) is 11.6 Å². The summed E-state index contributed by atoms with van der Waals surface area (Å²) in [6.45, 7) is 3.20. The molecule has 0 unspecified atom stereocenters. The van der Waals surface area contributed by atoms with Gasteiger partial charge in [0.1, 0.15) is 11.5 Å². The minimum Gasteiger partial charge on any atom is -0.496 e. The SMILES string of the molecule is COc1cc(C)c(Cl)cc1C(=O)CC(C)=O. The van der Waals surface area contributed by atoms with Gasteiger partial charge in [0.05, 0.1) is 19.1 Å². The maximum absolute atomic E-state index is 11.7. The lowest BCUT2D eigenvalue weighted by molar-refractivity contribution is -0.116. The Labute approximate surface area is 99.4 Å². The van der Waals surface area contributed by atoms with E-state index < -0.39 is 0 Å². The Kier molecular flexibility index (Phi) is 4.07. The number of hydrogen-bond acceptors (Lipinski definition) is 3.